The third-order valence-corrected chi connectivity index (χ3v) is 6.78. The molecule has 1 saturated heterocycles. The lowest BCUT2D eigenvalue weighted by molar-refractivity contribution is 0.176. The molecule has 3 N–H and O–H groups in total. The van der Waals surface area contributed by atoms with Gasteiger partial charge in [0.1, 0.15) is 5.82 Å². The molecule has 0 bridgehead atoms. The third-order valence-electron chi connectivity index (χ3n) is 5.96. The Hall–Kier alpha value is -2.45. The van der Waals surface area contributed by atoms with E-state index >= 15 is 0 Å². The first kappa shape index (κ1) is 21.8. The number of nitrogens with zero attached hydrogens (tertiary/aromatic N) is 3. The molecule has 3 aromatic rings. The van der Waals surface area contributed by atoms with E-state index in [-0.39, 0.29) is 5.82 Å². The molecule has 166 valence electrons. The second-order valence-corrected chi connectivity index (χ2v) is 9.27. The van der Waals surface area contributed by atoms with Crippen LogP contribution in [0.3, 0.4) is 0 Å². The van der Waals surface area contributed by atoms with Crippen molar-refractivity contribution < 1.29 is 4.39 Å². The van der Waals surface area contributed by atoms with E-state index in [9.17, 15) is 4.39 Å². The standard InChI is InChI=1S/C23H31FN6S/c1-16-29-20(15-31-16)14-30-9-6-17(7-10-30)12-28-23(25-2)26-8-5-18-13-27-22-4-3-19(24)11-21(18)22/h3-4,11,13,15,17,27H,5-10,12,14H2,1-2H3,(H2,25,26,28). The summed E-state index contributed by atoms with van der Waals surface area (Å²) in [6.07, 6.45) is 5.14. The van der Waals surface area contributed by atoms with Gasteiger partial charge in [0, 0.05) is 49.2 Å². The van der Waals surface area contributed by atoms with E-state index in [1.807, 2.05) is 6.20 Å². The summed E-state index contributed by atoms with van der Waals surface area (Å²) in [7, 11) is 1.80. The minimum Gasteiger partial charge on any atom is -0.361 e. The molecule has 1 aliphatic heterocycles. The highest BCUT2D eigenvalue weighted by molar-refractivity contribution is 7.09. The van der Waals surface area contributed by atoms with E-state index in [2.05, 4.69) is 42.8 Å². The quantitative estimate of drug-likeness (QED) is 0.386. The molecule has 4 rings (SSSR count). The van der Waals surface area contributed by atoms with E-state index in [0.717, 1.165) is 66.6 Å². The second-order valence-electron chi connectivity index (χ2n) is 8.21. The molecule has 0 atom stereocenters. The zero-order valence-corrected chi connectivity index (χ0v) is 19.1. The van der Waals surface area contributed by atoms with Crippen molar-refractivity contribution in [3.05, 3.63) is 51.9 Å². The molecule has 0 spiro atoms. The summed E-state index contributed by atoms with van der Waals surface area (Å²) >= 11 is 1.73. The smallest absolute Gasteiger partial charge is 0.190 e. The summed E-state index contributed by atoms with van der Waals surface area (Å²) in [5.74, 6) is 1.28. The van der Waals surface area contributed by atoms with Crippen molar-refractivity contribution >= 4 is 28.2 Å². The Morgan fingerprint density at radius 3 is 2.90 bits per heavy atom. The number of thiazole rings is 1. The van der Waals surface area contributed by atoms with Gasteiger partial charge in [-0.1, -0.05) is 0 Å². The number of hydrogen-bond acceptors (Lipinski definition) is 4. The van der Waals surface area contributed by atoms with Gasteiger partial charge in [0.15, 0.2) is 5.96 Å². The highest BCUT2D eigenvalue weighted by Crippen LogP contribution is 2.20. The number of halogens is 1. The first-order chi connectivity index (χ1) is 15.1. The van der Waals surface area contributed by atoms with Gasteiger partial charge in [0.25, 0.3) is 0 Å². The molecular weight excluding hydrogens is 411 g/mol. The molecule has 1 aliphatic rings. The number of guanidine groups is 1. The first-order valence-electron chi connectivity index (χ1n) is 10.9. The molecule has 2 aromatic heterocycles. The largest absolute Gasteiger partial charge is 0.361 e. The topological polar surface area (TPSA) is 68.3 Å². The van der Waals surface area contributed by atoms with E-state index < -0.39 is 0 Å². The van der Waals surface area contributed by atoms with Crippen molar-refractivity contribution in [1.82, 2.24) is 25.5 Å². The molecule has 1 aromatic carbocycles. The lowest BCUT2D eigenvalue weighted by Crippen LogP contribution is -2.43. The first-order valence-corrected chi connectivity index (χ1v) is 11.8. The van der Waals surface area contributed by atoms with Crippen LogP contribution in [-0.2, 0) is 13.0 Å². The molecule has 8 heteroatoms. The summed E-state index contributed by atoms with van der Waals surface area (Å²) in [5, 5.41) is 11.1. The molecule has 0 amide bonds. The van der Waals surface area contributed by atoms with Gasteiger partial charge in [-0.15, -0.1) is 11.3 Å². The molecule has 1 fully saturated rings. The third kappa shape index (κ3) is 5.83. The fourth-order valence-corrected chi connectivity index (χ4v) is 4.80. The van der Waals surface area contributed by atoms with Crippen LogP contribution in [-0.4, -0.2) is 54.1 Å². The molecule has 0 radical (unpaired) electrons. The number of nitrogens with one attached hydrogen (secondary N) is 3. The minimum absolute atomic E-state index is 0.202. The number of aromatic amines is 1. The number of likely N-dealkylation sites (tertiary alicyclic amines) is 1. The predicted octanol–water partition coefficient (Wildman–Crippen LogP) is 3.69. The minimum atomic E-state index is -0.202. The summed E-state index contributed by atoms with van der Waals surface area (Å²) in [6.45, 7) is 6.94. The highest BCUT2D eigenvalue weighted by Gasteiger charge is 2.20. The Kier molecular flexibility index (Phi) is 7.19. The van der Waals surface area contributed by atoms with Crippen LogP contribution in [0.5, 0.6) is 0 Å². The summed E-state index contributed by atoms with van der Waals surface area (Å²) in [5.41, 5.74) is 3.27. The molecule has 0 saturated carbocycles. The van der Waals surface area contributed by atoms with Crippen molar-refractivity contribution in [2.45, 2.75) is 32.7 Å². The number of rotatable bonds is 7. The van der Waals surface area contributed by atoms with Gasteiger partial charge in [-0.3, -0.25) is 9.89 Å². The lowest BCUT2D eigenvalue weighted by atomic mass is 9.97. The highest BCUT2D eigenvalue weighted by atomic mass is 32.1. The van der Waals surface area contributed by atoms with Gasteiger partial charge >= 0.3 is 0 Å². The predicted molar refractivity (Wildman–Crippen MR) is 126 cm³/mol. The number of benzene rings is 1. The van der Waals surface area contributed by atoms with Crippen LogP contribution in [0.15, 0.2) is 34.8 Å². The van der Waals surface area contributed by atoms with Crippen molar-refractivity contribution in [3.8, 4) is 0 Å². The molecule has 6 nitrogen and oxygen atoms in total. The van der Waals surface area contributed by atoms with Gasteiger partial charge < -0.3 is 15.6 Å². The Labute approximate surface area is 187 Å². The van der Waals surface area contributed by atoms with Crippen LogP contribution in [0.2, 0.25) is 0 Å². The Morgan fingerprint density at radius 2 is 2.16 bits per heavy atom. The average molecular weight is 443 g/mol. The summed E-state index contributed by atoms with van der Waals surface area (Å²) in [4.78, 5) is 14.6. The van der Waals surface area contributed by atoms with Gasteiger partial charge in [0.05, 0.1) is 10.7 Å². The van der Waals surface area contributed by atoms with Crippen LogP contribution in [0, 0.1) is 18.7 Å². The molecule has 3 heterocycles. The number of H-pyrrole nitrogens is 1. The lowest BCUT2D eigenvalue weighted by Gasteiger charge is -2.31. The normalized spacial score (nSPS) is 16.2. The maximum atomic E-state index is 13.5. The number of aliphatic imine (C=N–C) groups is 1. The SMILES string of the molecule is CN=C(NCCc1c[nH]c2ccc(F)cc12)NCC1CCN(Cc2csc(C)n2)CC1. The van der Waals surface area contributed by atoms with Crippen molar-refractivity contribution in [1.29, 1.82) is 0 Å². The molecule has 31 heavy (non-hydrogen) atoms. The van der Waals surface area contributed by atoms with Gasteiger partial charge in [-0.2, -0.15) is 0 Å². The van der Waals surface area contributed by atoms with Gasteiger partial charge in [0.2, 0.25) is 0 Å². The van der Waals surface area contributed by atoms with Crippen LogP contribution < -0.4 is 10.6 Å². The van der Waals surface area contributed by atoms with E-state index in [1.54, 1.807) is 30.5 Å². The van der Waals surface area contributed by atoms with Gasteiger partial charge in [-0.25, -0.2) is 9.37 Å². The number of piperidine rings is 1. The second kappa shape index (κ2) is 10.2. The fourth-order valence-electron chi connectivity index (χ4n) is 4.19. The Morgan fingerprint density at radius 1 is 1.32 bits per heavy atom. The monoisotopic (exact) mass is 442 g/mol. The van der Waals surface area contributed by atoms with Crippen LogP contribution in [0.4, 0.5) is 4.39 Å². The van der Waals surface area contributed by atoms with Crippen LogP contribution in [0.1, 0.15) is 29.1 Å². The van der Waals surface area contributed by atoms with E-state index in [1.165, 1.54) is 24.6 Å². The van der Waals surface area contributed by atoms with Crippen LogP contribution in [0.25, 0.3) is 10.9 Å². The zero-order valence-electron chi connectivity index (χ0n) is 18.2. The fraction of sp³-hybridized carbons (Fsp3) is 0.478. The number of fused-ring (bicyclic) bond motifs is 1. The zero-order chi connectivity index (χ0) is 21.6. The average Bonchev–Trinajstić information content (AvgIpc) is 3.37. The molecular formula is C23H31FN6S. The van der Waals surface area contributed by atoms with E-state index in [4.69, 9.17) is 0 Å². The summed E-state index contributed by atoms with van der Waals surface area (Å²) in [6, 6.07) is 4.86. The number of hydrogen-bond donors (Lipinski definition) is 3. The maximum Gasteiger partial charge on any atom is 0.190 e. The van der Waals surface area contributed by atoms with Crippen molar-refractivity contribution in [2.24, 2.45) is 10.9 Å². The Balaban J connectivity index is 1.17. The summed E-state index contributed by atoms with van der Waals surface area (Å²) < 4.78 is 13.5. The number of aryl methyl sites for hydroxylation is 1. The van der Waals surface area contributed by atoms with Crippen molar-refractivity contribution in [3.63, 3.8) is 0 Å². The van der Waals surface area contributed by atoms with Crippen molar-refractivity contribution in [2.75, 3.05) is 33.2 Å². The van der Waals surface area contributed by atoms with E-state index in [0.29, 0.717) is 5.92 Å². The van der Waals surface area contributed by atoms with Gasteiger partial charge in [-0.05, 0) is 69.0 Å². The Bertz CT molecular complexity index is 1020. The maximum absolute atomic E-state index is 13.5. The van der Waals surface area contributed by atoms with Crippen LogP contribution >= 0.6 is 11.3 Å². The molecule has 0 unspecified atom stereocenters. The molecule has 0 aliphatic carbocycles. The number of aromatic nitrogens is 2.